The first-order valence-electron chi connectivity index (χ1n) is 22.8. The highest BCUT2D eigenvalue weighted by molar-refractivity contribution is 4.86. The molecule has 2 unspecified atom stereocenters. The van der Waals surface area contributed by atoms with Crippen molar-refractivity contribution in [1.29, 1.82) is 0 Å². The lowest BCUT2D eigenvalue weighted by Gasteiger charge is -2.39. The number of hydrogen-bond acceptors (Lipinski definition) is 5. The molecule has 10 heteroatoms. The van der Waals surface area contributed by atoms with E-state index in [0.29, 0.717) is 32.7 Å². The van der Waals surface area contributed by atoms with Crippen molar-refractivity contribution in [2.45, 2.75) is 167 Å². The lowest BCUT2D eigenvalue weighted by Crippen LogP contribution is -2.44. The summed E-state index contributed by atoms with van der Waals surface area (Å²) in [6.07, 6.45) is 2.04. The fraction of sp³-hybridized carbons (Fsp3) is 1.00. The Kier molecular flexibility index (Phi) is 40.3. The molecule has 0 aliphatic carbocycles. The highest BCUT2D eigenvalue weighted by atomic mass is 19.1. The minimum atomic E-state index is -0.635. The second-order valence-electron chi connectivity index (χ2n) is 17.2. The van der Waals surface area contributed by atoms with Crippen molar-refractivity contribution < 1.29 is 22.0 Å². The summed E-state index contributed by atoms with van der Waals surface area (Å²) in [4.78, 5) is 10.3. The molecule has 5 aliphatic heterocycles. The van der Waals surface area contributed by atoms with Crippen LogP contribution >= 0.6 is 0 Å². The minimum Gasteiger partial charge on any atom is -0.303 e. The fourth-order valence-corrected chi connectivity index (χ4v) is 6.73. The Balaban J connectivity index is -0.000000289. The number of halogens is 5. The molecule has 5 fully saturated rings. The molecule has 0 N–H and O–H groups in total. The van der Waals surface area contributed by atoms with E-state index >= 15 is 0 Å². The molecule has 5 rings (SSSR count). The van der Waals surface area contributed by atoms with Gasteiger partial charge in [-0.2, -0.15) is 0 Å². The predicted molar refractivity (Wildman–Crippen MR) is 240 cm³/mol. The van der Waals surface area contributed by atoms with Crippen LogP contribution in [0.1, 0.15) is 136 Å². The molecule has 56 heavy (non-hydrogen) atoms. The summed E-state index contributed by atoms with van der Waals surface area (Å²) in [7, 11) is 9.87. The van der Waals surface area contributed by atoms with Gasteiger partial charge in [0.15, 0.2) is 0 Å². The van der Waals surface area contributed by atoms with Crippen LogP contribution in [0.3, 0.4) is 0 Å². The molecule has 0 bridgehead atoms. The van der Waals surface area contributed by atoms with Gasteiger partial charge in [-0.1, -0.05) is 104 Å². The molecule has 0 aromatic heterocycles. The normalized spacial score (nSPS) is 32.7. The Morgan fingerprint density at radius 3 is 0.661 bits per heavy atom. The SMILES string of the molecule is CC.CC.CC.CC.CN1CCC(C(C)(C)C)C(F)C1.C[C@@H]1CCN(C)C[C@@H]1F.C[C@@H]1CCN(C)C[C@H]1F.C[C@H]1CCN(C)C[C@@H]1F.C[C@H]1CCN(C)C[C@H]1F. The zero-order valence-electron chi connectivity index (χ0n) is 41.0. The second-order valence-corrected chi connectivity index (χ2v) is 17.2. The maximum atomic E-state index is 13.6. The van der Waals surface area contributed by atoms with Crippen LogP contribution in [0.2, 0.25) is 0 Å². The third-order valence-electron chi connectivity index (χ3n) is 11.1. The van der Waals surface area contributed by atoms with Crippen LogP contribution in [0, 0.1) is 35.0 Å². The van der Waals surface area contributed by atoms with Crippen LogP contribution in [0.15, 0.2) is 0 Å². The summed E-state index contributed by atoms with van der Waals surface area (Å²) in [5.74, 6) is 1.36. The van der Waals surface area contributed by atoms with Crippen molar-refractivity contribution in [3.63, 3.8) is 0 Å². The smallest absolute Gasteiger partial charge is 0.116 e. The number of alkyl halides is 5. The molecule has 5 aliphatic rings. The zero-order chi connectivity index (χ0) is 44.8. The summed E-state index contributed by atoms with van der Waals surface area (Å²) in [6.45, 7) is 38.7. The van der Waals surface area contributed by atoms with E-state index in [4.69, 9.17) is 0 Å². The molecule has 0 saturated carbocycles. The zero-order valence-corrected chi connectivity index (χ0v) is 41.0. The Bertz CT molecular complexity index is 740. The van der Waals surface area contributed by atoms with E-state index in [1.165, 1.54) is 0 Å². The first kappa shape index (κ1) is 62.1. The molecule has 5 nitrogen and oxygen atoms in total. The van der Waals surface area contributed by atoms with E-state index in [2.05, 4.69) is 25.7 Å². The lowest BCUT2D eigenvalue weighted by molar-refractivity contribution is 0.0370. The largest absolute Gasteiger partial charge is 0.303 e. The average Bonchev–Trinajstić information content (AvgIpc) is 3.15. The van der Waals surface area contributed by atoms with Crippen LogP contribution in [0.5, 0.6) is 0 Å². The molecule has 10 atom stereocenters. The van der Waals surface area contributed by atoms with Gasteiger partial charge in [-0.15, -0.1) is 0 Å². The summed E-state index contributed by atoms with van der Waals surface area (Å²) in [5.41, 5.74) is 0.126. The molecule has 0 amide bonds. The molecule has 0 radical (unpaired) electrons. The van der Waals surface area contributed by atoms with Gasteiger partial charge in [0.2, 0.25) is 0 Å². The van der Waals surface area contributed by atoms with Gasteiger partial charge in [-0.05, 0) is 135 Å². The molecule has 0 spiro atoms. The quantitative estimate of drug-likeness (QED) is 0.226. The Morgan fingerprint density at radius 2 is 0.518 bits per heavy atom. The fourth-order valence-electron chi connectivity index (χ4n) is 6.73. The average molecular weight is 818 g/mol. The van der Waals surface area contributed by atoms with E-state index in [1.807, 2.05) is 138 Å². The molecule has 344 valence electrons. The monoisotopic (exact) mass is 818 g/mol. The Morgan fingerprint density at radius 1 is 0.339 bits per heavy atom. The van der Waals surface area contributed by atoms with E-state index in [9.17, 15) is 22.0 Å². The van der Waals surface area contributed by atoms with E-state index in [1.54, 1.807) is 0 Å². The number of rotatable bonds is 0. The summed E-state index contributed by atoms with van der Waals surface area (Å²) in [6, 6.07) is 0. The van der Waals surface area contributed by atoms with Crippen molar-refractivity contribution >= 4 is 0 Å². The molecule has 5 heterocycles. The summed E-state index contributed by atoms with van der Waals surface area (Å²) in [5, 5.41) is 0. The van der Waals surface area contributed by atoms with Gasteiger partial charge >= 0.3 is 0 Å². The van der Waals surface area contributed by atoms with Gasteiger partial charge in [0.05, 0.1) is 0 Å². The van der Waals surface area contributed by atoms with Crippen LogP contribution in [0.4, 0.5) is 22.0 Å². The molecule has 5 saturated heterocycles. The first-order chi connectivity index (χ1) is 26.2. The van der Waals surface area contributed by atoms with Crippen LogP contribution in [0.25, 0.3) is 0 Å². The second kappa shape index (κ2) is 36.3. The lowest BCUT2D eigenvalue weighted by atomic mass is 9.74. The standard InChI is InChI=1S/C10H20FN.4C7H14FN.4C2H6/c1-10(2,3)8-5-6-12(4)7-9(8)11;4*1-6-3-4-9(2)5-7(6)8;4*1-2/h8-9H,5-7H2,1-4H3;4*6-7H,3-5H2,1-2H3;4*1-2H3/t;2*6-,7+;2*6-,7-;;;;/m.1010..../s1. The number of hydrogen-bond donors (Lipinski definition) is 0. The van der Waals surface area contributed by atoms with Gasteiger partial charge in [0.1, 0.15) is 30.9 Å². The van der Waals surface area contributed by atoms with Crippen molar-refractivity contribution in [3.05, 3.63) is 0 Å². The number of likely N-dealkylation sites (tertiary alicyclic amines) is 5. The Labute approximate surface area is 348 Å². The van der Waals surface area contributed by atoms with Crippen molar-refractivity contribution in [2.75, 3.05) is 101 Å². The van der Waals surface area contributed by atoms with E-state index in [0.717, 1.165) is 64.8 Å². The predicted octanol–water partition coefficient (Wildman–Crippen LogP) is 11.6. The van der Waals surface area contributed by atoms with Crippen LogP contribution < -0.4 is 0 Å². The molecular weight excluding hydrogens is 718 g/mol. The minimum absolute atomic E-state index is 0.126. The van der Waals surface area contributed by atoms with Crippen molar-refractivity contribution in [2.24, 2.45) is 35.0 Å². The topological polar surface area (TPSA) is 16.2 Å². The maximum absolute atomic E-state index is 13.6. The van der Waals surface area contributed by atoms with Crippen molar-refractivity contribution in [3.8, 4) is 0 Å². The summed E-state index contributed by atoms with van der Waals surface area (Å²) >= 11 is 0. The third kappa shape index (κ3) is 29.6. The molecule has 0 aromatic carbocycles. The number of piperidine rings is 5. The van der Waals surface area contributed by atoms with Crippen LogP contribution in [-0.4, -0.2) is 156 Å². The molecular formula is C46H100F5N5. The highest BCUT2D eigenvalue weighted by Crippen LogP contribution is 2.35. The third-order valence-corrected chi connectivity index (χ3v) is 11.1. The summed E-state index contributed by atoms with van der Waals surface area (Å²) < 4.78 is 64.7. The van der Waals surface area contributed by atoms with Gasteiger partial charge in [-0.3, -0.25) is 0 Å². The van der Waals surface area contributed by atoms with E-state index < -0.39 is 30.9 Å². The van der Waals surface area contributed by atoms with Gasteiger partial charge in [0, 0.05) is 32.7 Å². The van der Waals surface area contributed by atoms with E-state index in [-0.39, 0.29) is 35.0 Å². The van der Waals surface area contributed by atoms with Gasteiger partial charge in [-0.25, -0.2) is 22.0 Å². The van der Waals surface area contributed by atoms with Crippen LogP contribution in [-0.2, 0) is 0 Å². The molecule has 0 aromatic rings. The first-order valence-corrected chi connectivity index (χ1v) is 22.8. The van der Waals surface area contributed by atoms with Gasteiger partial charge in [0.25, 0.3) is 0 Å². The van der Waals surface area contributed by atoms with Gasteiger partial charge < -0.3 is 24.5 Å². The van der Waals surface area contributed by atoms with Crippen molar-refractivity contribution in [1.82, 2.24) is 24.5 Å². The Hall–Kier alpha value is -0.550. The number of nitrogens with zero attached hydrogens (tertiary/aromatic N) is 5. The maximum Gasteiger partial charge on any atom is 0.116 e. The highest BCUT2D eigenvalue weighted by Gasteiger charge is 2.35.